The van der Waals surface area contributed by atoms with Gasteiger partial charge in [-0.2, -0.15) is 9.61 Å². The number of rotatable bonds is 11. The molecule has 2 heterocycles. The first-order chi connectivity index (χ1) is 18.0. The standard InChI is InChI=1S/C27H28Cl2N6O2/c1-34(20-7-3-2-4-8-20)27-31-17-30-26-18(16-32-35(26)27)15-21-23(13-12-22(28)25(21)29)37-14-6-5-9-24(36)33-19-10-11-19/h2-4,7-8,12-13,16-17,19H,5-6,9-11,14-15H2,1H3,(H,33,36). The van der Waals surface area contributed by atoms with Crippen LogP contribution in [0.3, 0.4) is 0 Å². The Balaban J connectivity index is 1.31. The number of benzene rings is 2. The van der Waals surface area contributed by atoms with Crippen LogP contribution in [0.25, 0.3) is 5.65 Å². The number of carbonyl (C=O) groups excluding carboxylic acids is 1. The predicted molar refractivity (Wildman–Crippen MR) is 145 cm³/mol. The summed E-state index contributed by atoms with van der Waals surface area (Å²) in [6.45, 7) is 0.477. The highest BCUT2D eigenvalue weighted by Crippen LogP contribution is 2.35. The van der Waals surface area contributed by atoms with E-state index in [0.29, 0.717) is 52.9 Å². The number of ether oxygens (including phenoxy) is 1. The van der Waals surface area contributed by atoms with Crippen LogP contribution < -0.4 is 15.0 Å². The van der Waals surface area contributed by atoms with Crippen molar-refractivity contribution in [1.29, 1.82) is 0 Å². The van der Waals surface area contributed by atoms with E-state index in [-0.39, 0.29) is 5.91 Å². The summed E-state index contributed by atoms with van der Waals surface area (Å²) >= 11 is 13.0. The second kappa shape index (κ2) is 11.4. The van der Waals surface area contributed by atoms with Crippen molar-refractivity contribution < 1.29 is 9.53 Å². The Morgan fingerprint density at radius 2 is 1.95 bits per heavy atom. The summed E-state index contributed by atoms with van der Waals surface area (Å²) in [5.74, 6) is 1.42. The third-order valence-electron chi connectivity index (χ3n) is 6.32. The van der Waals surface area contributed by atoms with E-state index >= 15 is 0 Å². The monoisotopic (exact) mass is 538 g/mol. The molecule has 5 rings (SSSR count). The van der Waals surface area contributed by atoms with Gasteiger partial charge in [-0.1, -0.05) is 41.4 Å². The van der Waals surface area contributed by atoms with Gasteiger partial charge in [0.05, 0.1) is 22.8 Å². The molecule has 0 bridgehead atoms. The summed E-state index contributed by atoms with van der Waals surface area (Å²) < 4.78 is 7.80. The Hall–Kier alpha value is -3.36. The Morgan fingerprint density at radius 3 is 2.73 bits per heavy atom. The van der Waals surface area contributed by atoms with Gasteiger partial charge < -0.3 is 15.0 Å². The molecule has 0 radical (unpaired) electrons. The van der Waals surface area contributed by atoms with Crippen LogP contribution in [0.1, 0.15) is 43.2 Å². The van der Waals surface area contributed by atoms with E-state index in [2.05, 4.69) is 20.4 Å². The van der Waals surface area contributed by atoms with Crippen molar-refractivity contribution >= 4 is 46.4 Å². The number of unbranched alkanes of at least 4 members (excludes halogenated alkanes) is 1. The molecule has 8 nitrogen and oxygen atoms in total. The molecule has 1 amide bonds. The first kappa shape index (κ1) is 25.3. The minimum absolute atomic E-state index is 0.116. The van der Waals surface area contributed by atoms with E-state index in [9.17, 15) is 4.79 Å². The fourth-order valence-corrected chi connectivity index (χ4v) is 4.53. The van der Waals surface area contributed by atoms with Gasteiger partial charge in [0.25, 0.3) is 0 Å². The van der Waals surface area contributed by atoms with E-state index in [1.54, 1.807) is 16.8 Å². The number of carbonyl (C=O) groups is 1. The highest BCUT2D eigenvalue weighted by Gasteiger charge is 2.23. The molecular weight excluding hydrogens is 511 g/mol. The van der Waals surface area contributed by atoms with Crippen molar-refractivity contribution in [3.05, 3.63) is 76.2 Å². The van der Waals surface area contributed by atoms with Gasteiger partial charge in [-0.25, -0.2) is 9.97 Å². The van der Waals surface area contributed by atoms with Crippen LogP contribution in [0.5, 0.6) is 5.75 Å². The molecule has 1 fully saturated rings. The van der Waals surface area contributed by atoms with Crippen LogP contribution in [-0.2, 0) is 11.2 Å². The molecule has 1 aliphatic carbocycles. The molecule has 1 saturated carbocycles. The number of nitrogens with zero attached hydrogens (tertiary/aromatic N) is 5. The van der Waals surface area contributed by atoms with Gasteiger partial charge in [0.2, 0.25) is 11.9 Å². The lowest BCUT2D eigenvalue weighted by molar-refractivity contribution is -0.121. The summed E-state index contributed by atoms with van der Waals surface area (Å²) in [6.07, 6.45) is 7.97. The lowest BCUT2D eigenvalue weighted by Gasteiger charge is -2.18. The first-order valence-corrected chi connectivity index (χ1v) is 13.1. The summed E-state index contributed by atoms with van der Waals surface area (Å²) in [4.78, 5) is 22.8. The second-order valence-electron chi connectivity index (χ2n) is 9.14. The maximum absolute atomic E-state index is 11.9. The van der Waals surface area contributed by atoms with E-state index in [4.69, 9.17) is 27.9 Å². The molecule has 1 aliphatic rings. The lowest BCUT2D eigenvalue weighted by atomic mass is 10.1. The van der Waals surface area contributed by atoms with Crippen LogP contribution in [0.4, 0.5) is 11.6 Å². The van der Waals surface area contributed by atoms with Gasteiger partial charge in [0.1, 0.15) is 12.1 Å². The van der Waals surface area contributed by atoms with Gasteiger partial charge in [-0.05, 0) is 49.9 Å². The van der Waals surface area contributed by atoms with Crippen molar-refractivity contribution in [2.75, 3.05) is 18.6 Å². The first-order valence-electron chi connectivity index (χ1n) is 12.4. The van der Waals surface area contributed by atoms with Gasteiger partial charge in [0, 0.05) is 42.7 Å². The Labute approximate surface area is 225 Å². The van der Waals surface area contributed by atoms with Gasteiger partial charge >= 0.3 is 0 Å². The number of halogens is 2. The van der Waals surface area contributed by atoms with Gasteiger partial charge in [-0.3, -0.25) is 4.79 Å². The SMILES string of the molecule is CN(c1ccccc1)c1ncnc2c(Cc3c(OCCCCC(=O)NC4CC4)ccc(Cl)c3Cl)cnn12. The molecule has 0 aliphatic heterocycles. The minimum atomic E-state index is 0.116. The molecule has 0 spiro atoms. The molecule has 4 aromatic rings. The van der Waals surface area contributed by atoms with Crippen molar-refractivity contribution in [3.63, 3.8) is 0 Å². The van der Waals surface area contributed by atoms with E-state index in [0.717, 1.165) is 42.5 Å². The summed E-state index contributed by atoms with van der Waals surface area (Å²) in [5.41, 5.74) is 3.30. The predicted octanol–water partition coefficient (Wildman–Crippen LogP) is 5.62. The molecule has 2 aromatic heterocycles. The number of fused-ring (bicyclic) bond motifs is 1. The average molecular weight is 539 g/mol. The zero-order chi connectivity index (χ0) is 25.8. The number of aromatic nitrogens is 4. The number of anilines is 2. The fraction of sp³-hybridized carbons (Fsp3) is 0.333. The molecule has 1 N–H and O–H groups in total. The number of para-hydroxylation sites is 1. The van der Waals surface area contributed by atoms with Crippen LogP contribution in [-0.4, -0.2) is 45.2 Å². The van der Waals surface area contributed by atoms with Crippen molar-refractivity contribution in [2.45, 2.75) is 44.6 Å². The number of hydrogen-bond acceptors (Lipinski definition) is 6. The zero-order valence-corrected chi connectivity index (χ0v) is 22.0. The highest BCUT2D eigenvalue weighted by molar-refractivity contribution is 6.42. The molecule has 0 unspecified atom stereocenters. The van der Waals surface area contributed by atoms with Crippen molar-refractivity contribution in [2.24, 2.45) is 0 Å². The van der Waals surface area contributed by atoms with E-state index < -0.39 is 0 Å². The maximum atomic E-state index is 11.9. The second-order valence-corrected chi connectivity index (χ2v) is 9.92. The Bertz CT molecular complexity index is 1390. The summed E-state index contributed by atoms with van der Waals surface area (Å²) in [5, 5.41) is 8.48. The number of amides is 1. The van der Waals surface area contributed by atoms with Crippen molar-refractivity contribution in [3.8, 4) is 5.75 Å². The molecular formula is C27H28Cl2N6O2. The van der Waals surface area contributed by atoms with Crippen LogP contribution in [0, 0.1) is 0 Å². The maximum Gasteiger partial charge on any atom is 0.234 e. The number of hydrogen-bond donors (Lipinski definition) is 1. The molecule has 10 heteroatoms. The number of nitrogens with one attached hydrogen (secondary N) is 1. The average Bonchev–Trinajstić information content (AvgIpc) is 3.64. The fourth-order valence-electron chi connectivity index (χ4n) is 4.13. The molecule has 0 atom stereocenters. The molecule has 192 valence electrons. The van der Waals surface area contributed by atoms with Crippen LogP contribution >= 0.6 is 23.2 Å². The zero-order valence-electron chi connectivity index (χ0n) is 20.5. The lowest BCUT2D eigenvalue weighted by Crippen LogP contribution is -2.24. The van der Waals surface area contributed by atoms with Crippen LogP contribution in [0.2, 0.25) is 10.0 Å². The molecule has 0 saturated heterocycles. The molecule has 2 aromatic carbocycles. The minimum Gasteiger partial charge on any atom is -0.493 e. The largest absolute Gasteiger partial charge is 0.493 e. The van der Waals surface area contributed by atoms with Crippen molar-refractivity contribution in [1.82, 2.24) is 24.9 Å². The van der Waals surface area contributed by atoms with Gasteiger partial charge in [0.15, 0.2) is 5.65 Å². The van der Waals surface area contributed by atoms with Gasteiger partial charge in [-0.15, -0.1) is 0 Å². The molecule has 37 heavy (non-hydrogen) atoms. The van der Waals surface area contributed by atoms with Crippen LogP contribution in [0.15, 0.2) is 55.0 Å². The third-order valence-corrected chi connectivity index (χ3v) is 7.16. The Kier molecular flexibility index (Phi) is 7.76. The summed E-state index contributed by atoms with van der Waals surface area (Å²) in [7, 11) is 1.94. The summed E-state index contributed by atoms with van der Waals surface area (Å²) in [6, 6.07) is 13.9. The van der Waals surface area contributed by atoms with E-state index in [1.165, 1.54) is 6.33 Å². The third kappa shape index (κ3) is 5.97. The highest BCUT2D eigenvalue weighted by atomic mass is 35.5. The normalized spacial score (nSPS) is 13.1. The smallest absolute Gasteiger partial charge is 0.234 e. The topological polar surface area (TPSA) is 84.6 Å². The van der Waals surface area contributed by atoms with E-state index in [1.807, 2.05) is 48.3 Å². The Morgan fingerprint density at radius 1 is 1.14 bits per heavy atom. The quantitative estimate of drug-likeness (QED) is 0.249.